The number of hydrogen-bond acceptors (Lipinski definition) is 9. The Bertz CT molecular complexity index is 650. The molecule has 0 aliphatic heterocycles. The molecule has 0 aliphatic carbocycles. The Balaban J connectivity index is 4.43. The Morgan fingerprint density at radius 1 is 0.579 bits per heavy atom. The van der Waals surface area contributed by atoms with Crippen molar-refractivity contribution >= 4 is 23.9 Å². The highest BCUT2D eigenvalue weighted by atomic mass is 16.6. The molecule has 0 saturated carbocycles. The number of rotatable bonds is 24. The number of aliphatic hydroxyl groups is 1. The van der Waals surface area contributed by atoms with Crippen LogP contribution in [0.5, 0.6) is 0 Å². The number of hydrogen-bond donors (Lipinski definition) is 1. The Morgan fingerprint density at radius 2 is 1.05 bits per heavy atom. The smallest absolute Gasteiger partial charge is 0.310 e. The van der Waals surface area contributed by atoms with E-state index in [0.717, 1.165) is 19.3 Å². The predicted octanol–water partition coefficient (Wildman–Crippen LogP) is 5.58. The molecule has 222 valence electrons. The quantitative estimate of drug-likeness (QED) is 0.0941. The third-order valence-corrected chi connectivity index (χ3v) is 6.22. The monoisotopic (exact) mass is 544 g/mol. The Hall–Kier alpha value is -2.16. The second-order valence-corrected chi connectivity index (χ2v) is 10.0. The summed E-state index contributed by atoms with van der Waals surface area (Å²) in [4.78, 5) is 46.4. The molecule has 0 aromatic carbocycles. The molecule has 3 unspecified atom stereocenters. The summed E-state index contributed by atoms with van der Waals surface area (Å²) in [5, 5.41) is 9.34. The third kappa shape index (κ3) is 23.0. The van der Waals surface area contributed by atoms with E-state index in [4.69, 9.17) is 18.9 Å². The van der Waals surface area contributed by atoms with Crippen molar-refractivity contribution in [2.75, 3.05) is 13.2 Å². The van der Waals surface area contributed by atoms with Gasteiger partial charge in [-0.15, -0.1) is 0 Å². The van der Waals surface area contributed by atoms with E-state index in [1.54, 1.807) is 0 Å². The lowest BCUT2D eigenvalue weighted by molar-refractivity contribution is -0.165. The molecule has 0 aromatic rings. The first kappa shape index (κ1) is 35.8. The van der Waals surface area contributed by atoms with Crippen LogP contribution >= 0.6 is 0 Å². The van der Waals surface area contributed by atoms with Gasteiger partial charge in [0, 0.05) is 20.8 Å². The summed E-state index contributed by atoms with van der Waals surface area (Å²) >= 11 is 0. The summed E-state index contributed by atoms with van der Waals surface area (Å²) in [5.74, 6) is -2.14. The van der Waals surface area contributed by atoms with Crippen LogP contribution in [0.4, 0.5) is 0 Å². The predicted molar refractivity (Wildman–Crippen MR) is 144 cm³/mol. The third-order valence-electron chi connectivity index (χ3n) is 6.22. The molecule has 0 saturated heterocycles. The molecule has 0 rings (SSSR count). The molecule has 38 heavy (non-hydrogen) atoms. The van der Waals surface area contributed by atoms with Crippen LogP contribution in [0.3, 0.4) is 0 Å². The van der Waals surface area contributed by atoms with E-state index in [-0.39, 0.29) is 25.1 Å². The van der Waals surface area contributed by atoms with E-state index in [2.05, 4.69) is 6.92 Å². The maximum absolute atomic E-state index is 12.3. The van der Waals surface area contributed by atoms with Gasteiger partial charge >= 0.3 is 23.9 Å². The minimum absolute atomic E-state index is 0.221. The van der Waals surface area contributed by atoms with Gasteiger partial charge in [0.15, 0.2) is 6.10 Å². The maximum Gasteiger partial charge on any atom is 0.310 e. The Kier molecular flexibility index (Phi) is 22.6. The number of unbranched alkanes of at least 4 members (excludes halogenated alkanes) is 11. The van der Waals surface area contributed by atoms with Crippen molar-refractivity contribution in [1.82, 2.24) is 0 Å². The summed E-state index contributed by atoms with van der Waals surface area (Å²) in [5.41, 5.74) is 0. The van der Waals surface area contributed by atoms with Crippen LogP contribution in [-0.4, -0.2) is 60.5 Å². The van der Waals surface area contributed by atoms with Crippen LogP contribution in [0.25, 0.3) is 0 Å². The molecular formula is C29H52O9. The molecule has 0 aliphatic rings. The molecule has 0 amide bonds. The second-order valence-electron chi connectivity index (χ2n) is 10.0. The Labute approximate surface area is 229 Å². The van der Waals surface area contributed by atoms with E-state index in [9.17, 15) is 24.3 Å². The van der Waals surface area contributed by atoms with Crippen LogP contribution in [-0.2, 0) is 38.1 Å². The van der Waals surface area contributed by atoms with Gasteiger partial charge in [0.25, 0.3) is 0 Å². The van der Waals surface area contributed by atoms with Crippen molar-refractivity contribution in [3.05, 3.63) is 0 Å². The summed E-state index contributed by atoms with van der Waals surface area (Å²) in [6.45, 7) is 5.30. The highest BCUT2D eigenvalue weighted by Gasteiger charge is 2.23. The highest BCUT2D eigenvalue weighted by Crippen LogP contribution is 2.19. The molecule has 1 N–H and O–H groups in total. The first-order chi connectivity index (χ1) is 18.2. The molecule has 0 radical (unpaired) electrons. The number of carbonyl (C=O) groups is 4. The van der Waals surface area contributed by atoms with Crippen molar-refractivity contribution in [2.45, 2.75) is 149 Å². The van der Waals surface area contributed by atoms with Crippen LogP contribution in [0.15, 0.2) is 0 Å². The standard InChI is InChI=1S/C29H52O9/c1-5-6-7-8-9-10-11-12-13-14-15-16-17-26(36-24(3)32)18-19-27(37-25(4)33)20-29(34)38-28(21-30)22-35-23(2)31/h26-28,30H,5-22H2,1-4H3. The van der Waals surface area contributed by atoms with Crippen molar-refractivity contribution in [3.8, 4) is 0 Å². The molecule has 0 fully saturated rings. The first-order valence-corrected chi connectivity index (χ1v) is 14.5. The number of aliphatic hydroxyl groups excluding tert-OH is 1. The number of esters is 4. The first-order valence-electron chi connectivity index (χ1n) is 14.5. The fourth-order valence-corrected chi connectivity index (χ4v) is 4.27. The lowest BCUT2D eigenvalue weighted by Crippen LogP contribution is -2.31. The van der Waals surface area contributed by atoms with E-state index >= 15 is 0 Å². The van der Waals surface area contributed by atoms with Crippen molar-refractivity contribution in [2.24, 2.45) is 0 Å². The molecule has 0 spiro atoms. The summed E-state index contributed by atoms with van der Waals surface area (Å²) < 4.78 is 20.7. The molecule has 0 heterocycles. The van der Waals surface area contributed by atoms with Gasteiger partial charge in [-0.05, 0) is 25.7 Å². The molecule has 9 nitrogen and oxygen atoms in total. The van der Waals surface area contributed by atoms with Crippen LogP contribution in [0.1, 0.15) is 130 Å². The van der Waals surface area contributed by atoms with Crippen molar-refractivity contribution < 1.29 is 43.2 Å². The molecule has 0 aromatic heterocycles. The minimum Gasteiger partial charge on any atom is -0.463 e. The van der Waals surface area contributed by atoms with E-state index < -0.39 is 36.7 Å². The van der Waals surface area contributed by atoms with E-state index in [1.807, 2.05) is 0 Å². The lowest BCUT2D eigenvalue weighted by Gasteiger charge is -2.22. The van der Waals surface area contributed by atoms with Crippen molar-refractivity contribution in [3.63, 3.8) is 0 Å². The van der Waals surface area contributed by atoms with E-state index in [0.29, 0.717) is 19.3 Å². The van der Waals surface area contributed by atoms with Gasteiger partial charge in [-0.3, -0.25) is 19.2 Å². The van der Waals surface area contributed by atoms with Gasteiger partial charge in [-0.2, -0.15) is 0 Å². The molecule has 9 heteroatoms. The SMILES string of the molecule is CCCCCCCCCCCCCCC(CCC(CC(=O)OC(CO)COC(C)=O)OC(C)=O)OC(C)=O. The Morgan fingerprint density at radius 3 is 1.53 bits per heavy atom. The van der Waals surface area contributed by atoms with Gasteiger partial charge in [-0.25, -0.2) is 0 Å². The lowest BCUT2D eigenvalue weighted by atomic mass is 10.0. The maximum atomic E-state index is 12.3. The van der Waals surface area contributed by atoms with Gasteiger partial charge in [0.2, 0.25) is 0 Å². The zero-order valence-electron chi connectivity index (χ0n) is 24.2. The molecule has 3 atom stereocenters. The fraction of sp³-hybridized carbons (Fsp3) is 0.862. The van der Waals surface area contributed by atoms with Gasteiger partial charge in [-0.1, -0.05) is 77.6 Å². The van der Waals surface area contributed by atoms with Crippen LogP contribution in [0.2, 0.25) is 0 Å². The zero-order valence-corrected chi connectivity index (χ0v) is 24.2. The van der Waals surface area contributed by atoms with Gasteiger partial charge < -0.3 is 24.1 Å². The number of carbonyl (C=O) groups excluding carboxylic acids is 4. The van der Waals surface area contributed by atoms with Crippen LogP contribution < -0.4 is 0 Å². The molecular weight excluding hydrogens is 492 g/mol. The normalized spacial score (nSPS) is 13.3. The average Bonchev–Trinajstić information content (AvgIpc) is 2.84. The second kappa shape index (κ2) is 23.9. The van der Waals surface area contributed by atoms with Gasteiger partial charge in [0.05, 0.1) is 13.0 Å². The minimum atomic E-state index is -0.996. The summed E-state index contributed by atoms with van der Waals surface area (Å²) in [6, 6.07) is 0. The number of ether oxygens (including phenoxy) is 4. The molecule has 0 bridgehead atoms. The fourth-order valence-electron chi connectivity index (χ4n) is 4.27. The van der Waals surface area contributed by atoms with Gasteiger partial charge in [0.1, 0.15) is 18.8 Å². The van der Waals surface area contributed by atoms with E-state index in [1.165, 1.54) is 78.6 Å². The topological polar surface area (TPSA) is 125 Å². The van der Waals surface area contributed by atoms with Crippen LogP contribution in [0, 0.1) is 0 Å². The average molecular weight is 545 g/mol. The summed E-state index contributed by atoms with van der Waals surface area (Å²) in [7, 11) is 0. The largest absolute Gasteiger partial charge is 0.463 e. The highest BCUT2D eigenvalue weighted by molar-refractivity contribution is 5.71. The summed E-state index contributed by atoms with van der Waals surface area (Å²) in [6.07, 6.45) is 14.1. The van der Waals surface area contributed by atoms with Crippen molar-refractivity contribution in [1.29, 1.82) is 0 Å². The zero-order chi connectivity index (χ0) is 28.6.